The van der Waals surface area contributed by atoms with Crippen molar-refractivity contribution in [1.29, 1.82) is 0 Å². The van der Waals surface area contributed by atoms with Crippen molar-refractivity contribution in [2.75, 3.05) is 6.54 Å². The van der Waals surface area contributed by atoms with E-state index in [0.717, 1.165) is 19.4 Å². The van der Waals surface area contributed by atoms with Crippen molar-refractivity contribution in [3.05, 3.63) is 0 Å². The van der Waals surface area contributed by atoms with Crippen LogP contribution in [0.25, 0.3) is 0 Å². The zero-order chi connectivity index (χ0) is 11.4. The van der Waals surface area contributed by atoms with Gasteiger partial charge in [-0.05, 0) is 39.2 Å². The summed E-state index contributed by atoms with van der Waals surface area (Å²) in [5.74, 6) is 0.554. The van der Waals surface area contributed by atoms with E-state index in [2.05, 4.69) is 17.6 Å². The lowest BCUT2D eigenvalue weighted by Gasteiger charge is -2.30. The Morgan fingerprint density at radius 3 is 2.53 bits per heavy atom. The second-order valence-electron chi connectivity index (χ2n) is 5.42. The smallest absolute Gasteiger partial charge is 0.223 e. The quantitative estimate of drug-likeness (QED) is 0.800. The molecule has 0 aromatic rings. The molecule has 1 aliphatic carbocycles. The van der Waals surface area contributed by atoms with Gasteiger partial charge in [-0.15, -0.1) is 12.4 Å². The molecule has 0 spiro atoms. The van der Waals surface area contributed by atoms with Gasteiger partial charge in [0.1, 0.15) is 0 Å². The average Bonchev–Trinajstić information content (AvgIpc) is 2.30. The topological polar surface area (TPSA) is 41.1 Å². The van der Waals surface area contributed by atoms with Crippen LogP contribution in [0.1, 0.15) is 51.9 Å². The van der Waals surface area contributed by atoms with Gasteiger partial charge in [0.2, 0.25) is 5.91 Å². The maximum atomic E-state index is 12.1. The minimum atomic E-state index is 0. The summed E-state index contributed by atoms with van der Waals surface area (Å²) in [5.41, 5.74) is 0. The summed E-state index contributed by atoms with van der Waals surface area (Å²) < 4.78 is 0. The molecule has 1 amide bonds. The van der Waals surface area contributed by atoms with Crippen LogP contribution in [-0.4, -0.2) is 24.5 Å². The molecule has 4 heteroatoms. The van der Waals surface area contributed by atoms with Crippen molar-refractivity contribution < 1.29 is 4.79 Å². The molecule has 0 bridgehead atoms. The number of amides is 1. The highest BCUT2D eigenvalue weighted by atomic mass is 35.5. The second kappa shape index (κ2) is 7.22. The first-order chi connectivity index (χ1) is 7.75. The molecule has 2 rings (SSSR count). The van der Waals surface area contributed by atoms with Crippen LogP contribution in [0, 0.1) is 5.92 Å². The summed E-state index contributed by atoms with van der Waals surface area (Å²) in [7, 11) is 0. The minimum absolute atomic E-state index is 0. The Hall–Kier alpha value is -0.280. The van der Waals surface area contributed by atoms with Crippen LogP contribution in [0.5, 0.6) is 0 Å². The third-order valence-electron chi connectivity index (χ3n) is 3.95. The number of carbonyl (C=O) groups excluding carboxylic acids is 1. The molecule has 0 unspecified atom stereocenters. The maximum absolute atomic E-state index is 12.1. The van der Waals surface area contributed by atoms with Gasteiger partial charge in [-0.1, -0.05) is 19.3 Å². The van der Waals surface area contributed by atoms with Gasteiger partial charge in [-0.25, -0.2) is 0 Å². The highest BCUT2D eigenvalue weighted by molar-refractivity contribution is 5.85. The fraction of sp³-hybridized carbons (Fsp3) is 0.923. The van der Waals surface area contributed by atoms with Gasteiger partial charge in [0, 0.05) is 18.0 Å². The Labute approximate surface area is 111 Å². The van der Waals surface area contributed by atoms with Crippen molar-refractivity contribution in [3.63, 3.8) is 0 Å². The molecule has 2 fully saturated rings. The van der Waals surface area contributed by atoms with E-state index >= 15 is 0 Å². The highest BCUT2D eigenvalue weighted by Crippen LogP contribution is 2.20. The van der Waals surface area contributed by atoms with Crippen LogP contribution >= 0.6 is 12.4 Å². The Bertz CT molecular complexity index is 242. The molecule has 1 heterocycles. The summed E-state index contributed by atoms with van der Waals surface area (Å²) in [6, 6.07) is 0.960. The Balaban J connectivity index is 0.00000144. The van der Waals surface area contributed by atoms with Gasteiger partial charge >= 0.3 is 0 Å². The van der Waals surface area contributed by atoms with Crippen molar-refractivity contribution in [2.24, 2.45) is 5.92 Å². The monoisotopic (exact) mass is 260 g/mol. The Morgan fingerprint density at radius 1 is 1.18 bits per heavy atom. The third kappa shape index (κ3) is 4.47. The molecular weight excluding hydrogens is 236 g/mol. The zero-order valence-corrected chi connectivity index (χ0v) is 11.5. The molecule has 3 nitrogen and oxygen atoms in total. The molecule has 1 saturated carbocycles. The fourth-order valence-corrected chi connectivity index (χ4v) is 2.94. The number of halogens is 1. The lowest BCUT2D eigenvalue weighted by Crippen LogP contribution is -2.45. The predicted molar refractivity (Wildman–Crippen MR) is 72.5 cm³/mol. The van der Waals surface area contributed by atoms with Crippen molar-refractivity contribution >= 4 is 18.3 Å². The minimum Gasteiger partial charge on any atom is -0.353 e. The number of hydrogen-bond acceptors (Lipinski definition) is 2. The van der Waals surface area contributed by atoms with E-state index in [0.29, 0.717) is 18.0 Å². The first kappa shape index (κ1) is 14.8. The zero-order valence-electron chi connectivity index (χ0n) is 10.7. The van der Waals surface area contributed by atoms with Crippen LogP contribution in [-0.2, 0) is 4.79 Å². The summed E-state index contributed by atoms with van der Waals surface area (Å²) in [5, 5.41) is 6.63. The predicted octanol–water partition coefficient (Wildman–Crippen LogP) is 2.25. The first-order valence-corrected chi connectivity index (χ1v) is 6.79. The molecule has 17 heavy (non-hydrogen) atoms. The summed E-state index contributed by atoms with van der Waals surface area (Å²) >= 11 is 0. The van der Waals surface area contributed by atoms with E-state index in [9.17, 15) is 4.79 Å². The van der Waals surface area contributed by atoms with Gasteiger partial charge in [0.15, 0.2) is 0 Å². The van der Waals surface area contributed by atoms with Gasteiger partial charge < -0.3 is 10.6 Å². The van der Waals surface area contributed by atoms with Gasteiger partial charge in [-0.3, -0.25) is 4.79 Å². The third-order valence-corrected chi connectivity index (χ3v) is 3.95. The molecule has 1 saturated heterocycles. The number of nitrogens with one attached hydrogen (secondary N) is 2. The summed E-state index contributed by atoms with van der Waals surface area (Å²) in [4.78, 5) is 12.1. The molecular formula is C13H25ClN2O. The summed E-state index contributed by atoms with van der Waals surface area (Å²) in [6.07, 6.45) is 8.29. The van der Waals surface area contributed by atoms with E-state index in [-0.39, 0.29) is 18.3 Å². The molecule has 1 aliphatic heterocycles. The fourth-order valence-electron chi connectivity index (χ4n) is 2.94. The maximum Gasteiger partial charge on any atom is 0.223 e. The number of rotatable bonds is 2. The van der Waals surface area contributed by atoms with Crippen LogP contribution in [0.3, 0.4) is 0 Å². The van der Waals surface area contributed by atoms with Crippen molar-refractivity contribution in [2.45, 2.75) is 64.0 Å². The van der Waals surface area contributed by atoms with Crippen molar-refractivity contribution in [1.82, 2.24) is 10.6 Å². The van der Waals surface area contributed by atoms with E-state index in [1.54, 1.807) is 0 Å². The molecule has 2 atom stereocenters. The van der Waals surface area contributed by atoms with Crippen LogP contribution in [0.4, 0.5) is 0 Å². The van der Waals surface area contributed by atoms with Crippen molar-refractivity contribution in [3.8, 4) is 0 Å². The van der Waals surface area contributed by atoms with E-state index in [1.165, 1.54) is 32.1 Å². The summed E-state index contributed by atoms with van der Waals surface area (Å²) in [6.45, 7) is 3.16. The number of piperidine rings is 1. The molecule has 0 aromatic carbocycles. The van der Waals surface area contributed by atoms with Gasteiger partial charge in [-0.2, -0.15) is 0 Å². The van der Waals surface area contributed by atoms with E-state index in [4.69, 9.17) is 0 Å². The standard InChI is InChI=1S/C13H24N2O.ClH/c1-10-9-11(7-8-14-10)13(16)15-12-5-3-2-4-6-12;/h10-12,14H,2-9H2,1H3,(H,15,16);1H/t10-,11-;/m0./s1. The molecule has 0 radical (unpaired) electrons. The molecule has 2 aliphatic rings. The second-order valence-corrected chi connectivity index (χ2v) is 5.42. The molecule has 2 N–H and O–H groups in total. The Kier molecular flexibility index (Phi) is 6.28. The van der Waals surface area contributed by atoms with Gasteiger partial charge in [0.05, 0.1) is 0 Å². The number of carbonyl (C=O) groups is 1. The van der Waals surface area contributed by atoms with Crippen LogP contribution in [0.15, 0.2) is 0 Å². The normalized spacial score (nSPS) is 30.4. The van der Waals surface area contributed by atoms with E-state index in [1.807, 2.05) is 0 Å². The highest BCUT2D eigenvalue weighted by Gasteiger charge is 2.26. The van der Waals surface area contributed by atoms with E-state index < -0.39 is 0 Å². The largest absolute Gasteiger partial charge is 0.353 e. The molecule has 0 aromatic heterocycles. The van der Waals surface area contributed by atoms with Crippen LogP contribution < -0.4 is 10.6 Å². The van der Waals surface area contributed by atoms with Crippen LogP contribution in [0.2, 0.25) is 0 Å². The number of hydrogen-bond donors (Lipinski definition) is 2. The first-order valence-electron chi connectivity index (χ1n) is 6.79. The SMILES string of the molecule is C[C@H]1C[C@@H](C(=O)NC2CCCCC2)CCN1.Cl. The molecule has 100 valence electrons. The average molecular weight is 261 g/mol. The van der Waals surface area contributed by atoms with Gasteiger partial charge in [0.25, 0.3) is 0 Å². The lowest BCUT2D eigenvalue weighted by molar-refractivity contribution is -0.127. The lowest BCUT2D eigenvalue weighted by atomic mass is 9.90. The Morgan fingerprint density at radius 2 is 1.88 bits per heavy atom.